The summed E-state index contributed by atoms with van der Waals surface area (Å²) in [4.78, 5) is 26.5. The number of aromatic nitrogens is 1. The van der Waals surface area contributed by atoms with Crippen molar-refractivity contribution < 1.29 is 14.3 Å². The van der Waals surface area contributed by atoms with Gasteiger partial charge in [0, 0.05) is 0 Å². The molecule has 0 aromatic carbocycles. The van der Waals surface area contributed by atoms with E-state index in [-0.39, 0.29) is 12.5 Å². The molecule has 0 saturated heterocycles. The van der Waals surface area contributed by atoms with Crippen LogP contribution in [0, 0.1) is 6.92 Å². The lowest BCUT2D eigenvalue weighted by molar-refractivity contribution is -0.139. The van der Waals surface area contributed by atoms with Gasteiger partial charge in [0.2, 0.25) is 0 Å². The van der Waals surface area contributed by atoms with Crippen LogP contribution in [0.4, 0.5) is 0 Å². The van der Waals surface area contributed by atoms with Gasteiger partial charge in [0.1, 0.15) is 11.4 Å². The smallest absolute Gasteiger partial charge is 0.325 e. The van der Waals surface area contributed by atoms with E-state index >= 15 is 0 Å². The monoisotopic (exact) mass is 248 g/mol. The lowest BCUT2D eigenvalue weighted by Crippen LogP contribution is -2.29. The van der Waals surface area contributed by atoms with Crippen molar-refractivity contribution in [3.63, 3.8) is 0 Å². The number of esters is 1. The second kappa shape index (κ2) is 5.09. The molecule has 1 rings (SSSR count). The first-order valence-corrected chi connectivity index (χ1v) is 5.22. The molecule has 0 bridgehead atoms. The van der Waals surface area contributed by atoms with Crippen molar-refractivity contribution in [2.24, 2.45) is 0 Å². The molecule has 1 heterocycles. The Morgan fingerprint density at radius 1 is 1.60 bits per heavy atom. The third-order valence-corrected chi connectivity index (χ3v) is 2.86. The third kappa shape index (κ3) is 3.17. The predicted octanol–water partition coefficient (Wildman–Crippen LogP) is 1.01. The van der Waals surface area contributed by atoms with E-state index in [1.54, 1.807) is 6.92 Å². The molecule has 0 atom stereocenters. The number of ether oxygens (including phenoxy) is 1. The summed E-state index contributed by atoms with van der Waals surface area (Å²) in [6, 6.07) is 0. The Morgan fingerprint density at radius 2 is 2.27 bits per heavy atom. The molecule has 82 valence electrons. The van der Waals surface area contributed by atoms with Crippen molar-refractivity contribution in [3.05, 3.63) is 15.0 Å². The standard InChI is InChI=1S/C8H9ClN2O3S/c1-4-6(15-8(9)11-4)7(13)10-3-5(12)14-2/h3H2,1-2H3,(H,10,13). The van der Waals surface area contributed by atoms with Crippen molar-refractivity contribution in [1.29, 1.82) is 0 Å². The molecule has 7 heteroatoms. The molecule has 0 fully saturated rings. The Morgan fingerprint density at radius 3 is 2.73 bits per heavy atom. The van der Waals surface area contributed by atoms with Gasteiger partial charge in [0.15, 0.2) is 4.47 Å². The van der Waals surface area contributed by atoms with Crippen molar-refractivity contribution in [3.8, 4) is 0 Å². The minimum Gasteiger partial charge on any atom is -0.468 e. The minimum atomic E-state index is -0.503. The van der Waals surface area contributed by atoms with E-state index in [4.69, 9.17) is 11.6 Å². The highest BCUT2D eigenvalue weighted by molar-refractivity contribution is 7.17. The number of nitrogens with zero attached hydrogens (tertiary/aromatic N) is 1. The van der Waals surface area contributed by atoms with Crippen LogP contribution in [-0.2, 0) is 9.53 Å². The molecule has 5 nitrogen and oxygen atoms in total. The molecule has 0 saturated carbocycles. The molecular formula is C8H9ClN2O3S. The van der Waals surface area contributed by atoms with Gasteiger partial charge in [-0.3, -0.25) is 9.59 Å². The summed E-state index contributed by atoms with van der Waals surface area (Å²) in [5.41, 5.74) is 0.548. The summed E-state index contributed by atoms with van der Waals surface area (Å²) in [6.45, 7) is 1.51. The molecule has 0 unspecified atom stereocenters. The van der Waals surface area contributed by atoms with Crippen LogP contribution in [0.25, 0.3) is 0 Å². The average molecular weight is 249 g/mol. The topological polar surface area (TPSA) is 68.3 Å². The second-order valence-corrected chi connectivity index (χ2v) is 4.22. The average Bonchev–Trinajstić information content (AvgIpc) is 2.53. The molecule has 1 aromatic heterocycles. The Balaban J connectivity index is 2.61. The number of thiazole rings is 1. The number of hydrogen-bond acceptors (Lipinski definition) is 5. The lowest BCUT2D eigenvalue weighted by Gasteiger charge is -2.01. The minimum absolute atomic E-state index is 0.162. The van der Waals surface area contributed by atoms with Gasteiger partial charge < -0.3 is 10.1 Å². The third-order valence-electron chi connectivity index (χ3n) is 1.60. The molecule has 15 heavy (non-hydrogen) atoms. The van der Waals surface area contributed by atoms with Crippen LogP contribution in [-0.4, -0.2) is 30.5 Å². The van der Waals surface area contributed by atoms with Crippen molar-refractivity contribution in [1.82, 2.24) is 10.3 Å². The normalized spacial score (nSPS) is 9.80. The fraction of sp³-hybridized carbons (Fsp3) is 0.375. The van der Waals surface area contributed by atoms with E-state index in [0.29, 0.717) is 15.0 Å². The fourth-order valence-electron chi connectivity index (χ4n) is 0.879. The highest BCUT2D eigenvalue weighted by Crippen LogP contribution is 2.21. The molecule has 1 amide bonds. The quantitative estimate of drug-likeness (QED) is 0.811. The summed E-state index contributed by atoms with van der Waals surface area (Å²) in [5.74, 6) is -0.876. The first kappa shape index (κ1) is 11.9. The van der Waals surface area contributed by atoms with Gasteiger partial charge in [-0.25, -0.2) is 4.98 Å². The summed E-state index contributed by atoms with van der Waals surface area (Å²) >= 11 is 6.71. The fourth-order valence-corrected chi connectivity index (χ4v) is 1.95. The van der Waals surface area contributed by atoms with Gasteiger partial charge in [-0.1, -0.05) is 22.9 Å². The Bertz CT molecular complexity index is 391. The number of carbonyl (C=O) groups is 2. The van der Waals surface area contributed by atoms with Gasteiger partial charge >= 0.3 is 5.97 Å². The van der Waals surface area contributed by atoms with Crippen molar-refractivity contribution in [2.75, 3.05) is 13.7 Å². The maximum atomic E-state index is 11.5. The SMILES string of the molecule is COC(=O)CNC(=O)c1sc(Cl)nc1C. The van der Waals surface area contributed by atoms with Crippen molar-refractivity contribution >= 4 is 34.8 Å². The predicted molar refractivity (Wildman–Crippen MR) is 56.2 cm³/mol. The zero-order valence-electron chi connectivity index (χ0n) is 8.17. The van der Waals surface area contributed by atoms with E-state index in [1.165, 1.54) is 7.11 Å². The lowest BCUT2D eigenvalue weighted by atomic mass is 10.4. The highest BCUT2D eigenvalue weighted by atomic mass is 35.5. The molecule has 0 radical (unpaired) electrons. The van der Waals surface area contributed by atoms with Gasteiger partial charge in [0.05, 0.1) is 12.8 Å². The van der Waals surface area contributed by atoms with Gasteiger partial charge in [-0.05, 0) is 6.92 Å². The first-order chi connectivity index (χ1) is 7.04. The van der Waals surface area contributed by atoms with E-state index in [1.807, 2.05) is 0 Å². The van der Waals surface area contributed by atoms with Crippen LogP contribution >= 0.6 is 22.9 Å². The van der Waals surface area contributed by atoms with Gasteiger partial charge in [-0.2, -0.15) is 0 Å². The number of hydrogen-bond donors (Lipinski definition) is 1. The molecule has 0 aliphatic heterocycles. The number of carbonyl (C=O) groups excluding carboxylic acids is 2. The first-order valence-electron chi connectivity index (χ1n) is 4.02. The maximum Gasteiger partial charge on any atom is 0.325 e. The number of rotatable bonds is 3. The highest BCUT2D eigenvalue weighted by Gasteiger charge is 2.15. The van der Waals surface area contributed by atoms with Crippen molar-refractivity contribution in [2.45, 2.75) is 6.92 Å². The summed E-state index contributed by atoms with van der Waals surface area (Å²) < 4.78 is 4.68. The molecule has 0 spiro atoms. The number of halogens is 1. The maximum absolute atomic E-state index is 11.5. The largest absolute Gasteiger partial charge is 0.468 e. The van der Waals surface area contributed by atoms with Crippen LogP contribution < -0.4 is 5.32 Å². The summed E-state index contributed by atoms with van der Waals surface area (Å²) in [6.07, 6.45) is 0. The van der Waals surface area contributed by atoms with Gasteiger partial charge in [0.25, 0.3) is 5.91 Å². The second-order valence-electron chi connectivity index (χ2n) is 2.64. The molecular weight excluding hydrogens is 240 g/mol. The number of methoxy groups -OCH3 is 1. The van der Waals surface area contributed by atoms with E-state index in [2.05, 4.69) is 15.0 Å². The van der Waals surface area contributed by atoms with Crippen LogP contribution in [0.3, 0.4) is 0 Å². The van der Waals surface area contributed by atoms with E-state index in [9.17, 15) is 9.59 Å². The van der Waals surface area contributed by atoms with E-state index in [0.717, 1.165) is 11.3 Å². The Labute approximate surface area is 95.4 Å². The Hall–Kier alpha value is -1.14. The zero-order valence-corrected chi connectivity index (χ0v) is 9.74. The van der Waals surface area contributed by atoms with Crippen LogP contribution in [0.5, 0.6) is 0 Å². The summed E-state index contributed by atoms with van der Waals surface area (Å²) in [7, 11) is 1.25. The molecule has 1 N–H and O–H groups in total. The Kier molecular flexibility index (Phi) is 4.05. The van der Waals surface area contributed by atoms with Gasteiger partial charge in [-0.15, -0.1) is 0 Å². The number of aryl methyl sites for hydroxylation is 1. The van der Waals surface area contributed by atoms with Crippen LogP contribution in [0.2, 0.25) is 4.47 Å². The molecule has 0 aliphatic carbocycles. The molecule has 1 aromatic rings. The van der Waals surface area contributed by atoms with E-state index < -0.39 is 5.97 Å². The zero-order chi connectivity index (χ0) is 11.4. The number of nitrogens with one attached hydrogen (secondary N) is 1. The van der Waals surface area contributed by atoms with Crippen LogP contribution in [0.15, 0.2) is 0 Å². The molecule has 0 aliphatic rings. The van der Waals surface area contributed by atoms with Crippen LogP contribution in [0.1, 0.15) is 15.4 Å². The number of amides is 1. The summed E-state index contributed by atoms with van der Waals surface area (Å²) in [5, 5.41) is 2.40.